The topological polar surface area (TPSA) is 113 Å². The maximum absolute atomic E-state index is 11.5. The summed E-state index contributed by atoms with van der Waals surface area (Å²) in [6.07, 6.45) is 9.32. The van der Waals surface area contributed by atoms with Crippen LogP contribution >= 0.6 is 0 Å². The van der Waals surface area contributed by atoms with Gasteiger partial charge in [-0.1, -0.05) is 18.7 Å². The molecule has 8 heteroatoms. The number of hydrogen-bond donors (Lipinski definition) is 2. The Morgan fingerprint density at radius 2 is 2.35 bits per heavy atom. The summed E-state index contributed by atoms with van der Waals surface area (Å²) in [5.74, 6) is 0.588. The van der Waals surface area contributed by atoms with E-state index in [0.717, 1.165) is 30.3 Å². The lowest BCUT2D eigenvalue weighted by molar-refractivity contribution is -0.111. The number of nitrogens with one attached hydrogen (secondary N) is 2. The lowest BCUT2D eigenvalue weighted by Crippen LogP contribution is -2.15. The number of aromatic nitrogens is 3. The molecule has 1 atom stereocenters. The van der Waals surface area contributed by atoms with Gasteiger partial charge in [-0.2, -0.15) is 5.26 Å². The van der Waals surface area contributed by atoms with E-state index in [1.807, 2.05) is 12.3 Å². The SMILES string of the molecule is C=CC(=O)Nc1cccc(Oc2cnc3[nH]cc(C4=CCC(OCC#N)CC4)c3n2)c1. The molecule has 4 rings (SSSR count). The molecule has 0 aliphatic heterocycles. The highest BCUT2D eigenvalue weighted by atomic mass is 16.5. The molecule has 156 valence electrons. The first-order valence-electron chi connectivity index (χ1n) is 9.89. The molecule has 0 saturated heterocycles. The molecular weight excluding hydrogens is 394 g/mol. The van der Waals surface area contributed by atoms with Crippen LogP contribution in [0.4, 0.5) is 5.69 Å². The summed E-state index contributed by atoms with van der Waals surface area (Å²) in [6, 6.07) is 9.03. The van der Waals surface area contributed by atoms with Crippen molar-refractivity contribution >= 4 is 28.3 Å². The Morgan fingerprint density at radius 1 is 1.45 bits per heavy atom. The van der Waals surface area contributed by atoms with Gasteiger partial charge in [-0.05, 0) is 43.0 Å². The average molecular weight is 415 g/mol. The molecule has 0 saturated carbocycles. The van der Waals surface area contributed by atoms with Gasteiger partial charge in [-0.25, -0.2) is 9.97 Å². The van der Waals surface area contributed by atoms with Gasteiger partial charge in [0.2, 0.25) is 11.8 Å². The number of H-pyrrole nitrogens is 1. The number of nitrogens with zero attached hydrogens (tertiary/aromatic N) is 3. The average Bonchev–Trinajstić information content (AvgIpc) is 3.21. The molecule has 1 unspecified atom stereocenters. The van der Waals surface area contributed by atoms with E-state index in [9.17, 15) is 4.79 Å². The van der Waals surface area contributed by atoms with Gasteiger partial charge in [0.1, 0.15) is 17.9 Å². The standard InChI is InChI=1S/C23H21N5O3/c1-2-20(29)27-16-4-3-5-18(12-16)31-21-14-26-23-22(28-21)19(13-25-23)15-6-8-17(9-7-15)30-11-10-24/h2-6,12-14,17H,1,7-9,11H2,(H,25,26)(H,27,29). The number of fused-ring (bicyclic) bond motifs is 1. The number of allylic oxidation sites excluding steroid dienone is 1. The Bertz CT molecular complexity index is 1190. The van der Waals surface area contributed by atoms with Crippen molar-refractivity contribution in [3.8, 4) is 17.7 Å². The van der Waals surface area contributed by atoms with E-state index in [-0.39, 0.29) is 18.6 Å². The maximum atomic E-state index is 11.5. The largest absolute Gasteiger partial charge is 0.437 e. The first-order chi connectivity index (χ1) is 15.2. The third-order valence-corrected chi connectivity index (χ3v) is 4.96. The van der Waals surface area contributed by atoms with Crippen LogP contribution < -0.4 is 10.1 Å². The Labute approximate surface area is 179 Å². The van der Waals surface area contributed by atoms with Crippen LogP contribution in [0.1, 0.15) is 24.8 Å². The highest BCUT2D eigenvalue weighted by Gasteiger charge is 2.19. The zero-order chi connectivity index (χ0) is 21.6. The second kappa shape index (κ2) is 9.24. The van der Waals surface area contributed by atoms with Gasteiger partial charge in [-0.15, -0.1) is 0 Å². The van der Waals surface area contributed by atoms with E-state index in [0.29, 0.717) is 23.0 Å². The zero-order valence-corrected chi connectivity index (χ0v) is 16.8. The van der Waals surface area contributed by atoms with Crippen molar-refractivity contribution in [2.75, 3.05) is 11.9 Å². The Morgan fingerprint density at radius 3 is 3.13 bits per heavy atom. The molecule has 31 heavy (non-hydrogen) atoms. The molecular formula is C23H21N5O3. The quantitative estimate of drug-likeness (QED) is 0.555. The highest BCUT2D eigenvalue weighted by molar-refractivity contribution is 5.99. The number of benzene rings is 1. The van der Waals surface area contributed by atoms with Gasteiger partial charge in [0.25, 0.3) is 0 Å². The molecule has 1 amide bonds. The normalized spacial score (nSPS) is 15.7. The minimum atomic E-state index is -0.295. The van der Waals surface area contributed by atoms with Crippen LogP contribution in [0.2, 0.25) is 0 Å². The number of carbonyl (C=O) groups excluding carboxylic acids is 1. The predicted octanol–water partition coefficient (Wildman–Crippen LogP) is 4.35. The van der Waals surface area contributed by atoms with Crippen molar-refractivity contribution in [1.82, 2.24) is 15.0 Å². The smallest absolute Gasteiger partial charge is 0.247 e. The van der Waals surface area contributed by atoms with Gasteiger partial charge in [0, 0.05) is 23.5 Å². The second-order valence-electron chi connectivity index (χ2n) is 7.03. The van der Waals surface area contributed by atoms with Crippen LogP contribution in [0.15, 0.2) is 55.4 Å². The van der Waals surface area contributed by atoms with Crippen LogP contribution in [-0.2, 0) is 9.53 Å². The molecule has 0 spiro atoms. The fourth-order valence-corrected chi connectivity index (χ4v) is 3.48. The summed E-state index contributed by atoms with van der Waals surface area (Å²) < 4.78 is 11.4. The number of amides is 1. The van der Waals surface area contributed by atoms with Crippen molar-refractivity contribution in [2.45, 2.75) is 25.4 Å². The molecule has 1 aliphatic rings. The van der Waals surface area contributed by atoms with Crippen LogP contribution in [0.5, 0.6) is 11.6 Å². The van der Waals surface area contributed by atoms with Crippen LogP contribution in [-0.4, -0.2) is 33.6 Å². The van der Waals surface area contributed by atoms with Crippen LogP contribution in [0.25, 0.3) is 16.7 Å². The third kappa shape index (κ3) is 4.79. The van der Waals surface area contributed by atoms with E-state index < -0.39 is 0 Å². The Kier molecular flexibility index (Phi) is 6.05. The molecule has 0 fully saturated rings. The lowest BCUT2D eigenvalue weighted by Gasteiger charge is -2.20. The molecule has 8 nitrogen and oxygen atoms in total. The number of anilines is 1. The molecule has 1 aliphatic carbocycles. The first-order valence-corrected chi connectivity index (χ1v) is 9.89. The number of carbonyl (C=O) groups is 1. The number of ether oxygens (including phenoxy) is 2. The minimum Gasteiger partial charge on any atom is -0.437 e. The third-order valence-electron chi connectivity index (χ3n) is 4.96. The molecule has 2 aromatic heterocycles. The fourth-order valence-electron chi connectivity index (χ4n) is 3.48. The molecule has 2 heterocycles. The van der Waals surface area contributed by atoms with E-state index in [1.54, 1.807) is 30.5 Å². The predicted molar refractivity (Wildman–Crippen MR) is 116 cm³/mol. The first kappa shape index (κ1) is 20.3. The molecule has 1 aromatic carbocycles. The molecule has 0 bridgehead atoms. The fraction of sp³-hybridized carbons (Fsp3) is 0.217. The van der Waals surface area contributed by atoms with Gasteiger partial charge in [0.05, 0.1) is 18.4 Å². The van der Waals surface area contributed by atoms with Crippen LogP contribution in [0.3, 0.4) is 0 Å². The van der Waals surface area contributed by atoms with Gasteiger partial charge >= 0.3 is 0 Å². The Balaban J connectivity index is 1.53. The van der Waals surface area contributed by atoms with Crippen molar-refractivity contribution < 1.29 is 14.3 Å². The number of nitriles is 1. The monoisotopic (exact) mass is 415 g/mol. The summed E-state index contributed by atoms with van der Waals surface area (Å²) in [4.78, 5) is 23.7. The summed E-state index contributed by atoms with van der Waals surface area (Å²) >= 11 is 0. The van der Waals surface area contributed by atoms with Crippen molar-refractivity contribution in [3.63, 3.8) is 0 Å². The number of hydrogen-bond acceptors (Lipinski definition) is 6. The van der Waals surface area contributed by atoms with Crippen LogP contribution in [0, 0.1) is 11.3 Å². The highest BCUT2D eigenvalue weighted by Crippen LogP contribution is 2.33. The molecule has 2 N–H and O–H groups in total. The maximum Gasteiger partial charge on any atom is 0.247 e. The lowest BCUT2D eigenvalue weighted by atomic mass is 9.93. The van der Waals surface area contributed by atoms with Crippen molar-refractivity contribution in [1.29, 1.82) is 5.26 Å². The second-order valence-corrected chi connectivity index (χ2v) is 7.03. The van der Waals surface area contributed by atoms with Crippen molar-refractivity contribution in [2.24, 2.45) is 0 Å². The van der Waals surface area contributed by atoms with E-state index >= 15 is 0 Å². The van der Waals surface area contributed by atoms with Gasteiger partial charge in [-0.3, -0.25) is 4.79 Å². The Hall–Kier alpha value is -3.96. The van der Waals surface area contributed by atoms with E-state index in [2.05, 4.69) is 32.9 Å². The zero-order valence-electron chi connectivity index (χ0n) is 16.8. The summed E-state index contributed by atoms with van der Waals surface area (Å²) in [6.45, 7) is 3.56. The summed E-state index contributed by atoms with van der Waals surface area (Å²) in [7, 11) is 0. The number of rotatable bonds is 7. The van der Waals surface area contributed by atoms with Gasteiger partial charge in [0.15, 0.2) is 5.65 Å². The van der Waals surface area contributed by atoms with Crippen molar-refractivity contribution in [3.05, 3.63) is 61.0 Å². The van der Waals surface area contributed by atoms with E-state index in [4.69, 9.17) is 14.7 Å². The summed E-state index contributed by atoms with van der Waals surface area (Å²) in [5.41, 5.74) is 4.16. The van der Waals surface area contributed by atoms with E-state index in [1.165, 1.54) is 11.6 Å². The minimum absolute atomic E-state index is 0.0763. The summed E-state index contributed by atoms with van der Waals surface area (Å²) in [5, 5.41) is 11.4. The molecule has 3 aromatic rings. The number of aromatic amines is 1. The molecule has 0 radical (unpaired) electrons. The van der Waals surface area contributed by atoms with Gasteiger partial charge < -0.3 is 19.8 Å².